The van der Waals surface area contributed by atoms with E-state index in [-0.39, 0.29) is 11.8 Å². The van der Waals surface area contributed by atoms with Crippen molar-refractivity contribution in [1.29, 1.82) is 0 Å². The molecule has 0 radical (unpaired) electrons. The number of carbonyl (C=O) groups excluding carboxylic acids is 1. The van der Waals surface area contributed by atoms with E-state index >= 15 is 0 Å². The second-order valence-corrected chi connectivity index (χ2v) is 7.89. The molecule has 0 saturated carbocycles. The average Bonchev–Trinajstić information content (AvgIpc) is 2.73. The van der Waals surface area contributed by atoms with Crippen LogP contribution >= 0.6 is 0 Å². The van der Waals surface area contributed by atoms with Crippen molar-refractivity contribution in [3.8, 4) is 0 Å². The van der Waals surface area contributed by atoms with Gasteiger partial charge in [0, 0.05) is 43.7 Å². The summed E-state index contributed by atoms with van der Waals surface area (Å²) in [7, 11) is 0. The lowest BCUT2D eigenvalue weighted by molar-refractivity contribution is -0.133. The van der Waals surface area contributed by atoms with E-state index in [2.05, 4.69) is 41.5 Å². The fourth-order valence-corrected chi connectivity index (χ4v) is 4.06. The van der Waals surface area contributed by atoms with E-state index in [9.17, 15) is 4.79 Å². The van der Waals surface area contributed by atoms with Crippen molar-refractivity contribution in [1.82, 2.24) is 20.2 Å². The third-order valence-electron chi connectivity index (χ3n) is 5.87. The number of hydrogen-bond acceptors (Lipinski definition) is 4. The van der Waals surface area contributed by atoms with Crippen molar-refractivity contribution in [3.63, 3.8) is 0 Å². The molecular formula is C22H28N4O. The van der Waals surface area contributed by atoms with Gasteiger partial charge in [0.15, 0.2) is 0 Å². The highest BCUT2D eigenvalue weighted by molar-refractivity contribution is 5.83. The lowest BCUT2D eigenvalue weighted by atomic mass is 9.96. The van der Waals surface area contributed by atoms with Crippen molar-refractivity contribution in [2.75, 3.05) is 19.6 Å². The van der Waals surface area contributed by atoms with Crippen LogP contribution in [0.4, 0.5) is 0 Å². The summed E-state index contributed by atoms with van der Waals surface area (Å²) in [4.78, 5) is 24.4. The van der Waals surface area contributed by atoms with Gasteiger partial charge >= 0.3 is 0 Å². The summed E-state index contributed by atoms with van der Waals surface area (Å²) in [5, 5.41) is 3.43. The maximum absolute atomic E-state index is 13.0. The Balaban J connectivity index is 1.46. The Hall–Kier alpha value is -2.27. The van der Waals surface area contributed by atoms with Gasteiger partial charge in [0.1, 0.15) is 5.82 Å². The summed E-state index contributed by atoms with van der Waals surface area (Å²) in [6.07, 6.45) is 5.11. The average molecular weight is 364 g/mol. The molecule has 142 valence electrons. The Labute approximate surface area is 161 Å². The molecule has 1 N–H and O–H groups in total. The van der Waals surface area contributed by atoms with E-state index in [0.717, 1.165) is 55.1 Å². The van der Waals surface area contributed by atoms with Crippen LogP contribution in [0, 0.1) is 6.92 Å². The standard InChI is InChI=1S/C22H28N4O/c1-15-5-7-17(8-6-15)16(2)22(27)26-11-9-20-19(14-26)13-24-21(25-20)18-4-3-10-23-12-18/h5-8,13,16,18,23H,3-4,9-12,14H2,1-2H3/t16-,18+/m1/s1. The third-order valence-corrected chi connectivity index (χ3v) is 5.87. The van der Waals surface area contributed by atoms with Crippen LogP contribution in [-0.2, 0) is 17.8 Å². The molecule has 2 aromatic rings. The minimum atomic E-state index is -0.124. The smallest absolute Gasteiger partial charge is 0.230 e. The van der Waals surface area contributed by atoms with Crippen molar-refractivity contribution < 1.29 is 4.79 Å². The van der Waals surface area contributed by atoms with Gasteiger partial charge in [0.2, 0.25) is 5.91 Å². The zero-order valence-corrected chi connectivity index (χ0v) is 16.2. The van der Waals surface area contributed by atoms with Crippen molar-refractivity contribution >= 4 is 5.91 Å². The predicted octanol–water partition coefficient (Wildman–Crippen LogP) is 2.94. The molecule has 0 spiro atoms. The minimum absolute atomic E-state index is 0.124. The number of benzene rings is 1. The second kappa shape index (κ2) is 7.77. The number of nitrogens with one attached hydrogen (secondary N) is 1. The van der Waals surface area contributed by atoms with Crippen molar-refractivity contribution in [2.45, 2.75) is 51.5 Å². The number of piperidine rings is 1. The van der Waals surface area contributed by atoms with E-state index in [1.54, 1.807) is 0 Å². The number of fused-ring (bicyclic) bond motifs is 1. The highest BCUT2D eigenvalue weighted by Gasteiger charge is 2.27. The first-order valence-electron chi connectivity index (χ1n) is 10.0. The van der Waals surface area contributed by atoms with Crippen LogP contribution in [0.1, 0.15) is 59.8 Å². The normalized spacial score (nSPS) is 20.8. The molecule has 0 unspecified atom stereocenters. The number of aryl methyl sites for hydroxylation is 1. The quantitative estimate of drug-likeness (QED) is 0.910. The first-order chi connectivity index (χ1) is 13.1. The number of nitrogens with zero attached hydrogens (tertiary/aromatic N) is 3. The van der Waals surface area contributed by atoms with Crippen LogP contribution in [-0.4, -0.2) is 40.4 Å². The summed E-state index contributed by atoms with van der Waals surface area (Å²) in [5.41, 5.74) is 4.51. The predicted molar refractivity (Wildman–Crippen MR) is 106 cm³/mol. The molecular weight excluding hydrogens is 336 g/mol. The Morgan fingerprint density at radius 3 is 2.85 bits per heavy atom. The van der Waals surface area contributed by atoms with Gasteiger partial charge in [-0.25, -0.2) is 9.97 Å². The van der Waals surface area contributed by atoms with Crippen LogP contribution in [0.25, 0.3) is 0 Å². The molecule has 1 saturated heterocycles. The van der Waals surface area contributed by atoms with Crippen LogP contribution in [0.3, 0.4) is 0 Å². The molecule has 4 rings (SSSR count). The Bertz CT molecular complexity index is 812. The largest absolute Gasteiger partial charge is 0.337 e. The number of hydrogen-bond donors (Lipinski definition) is 1. The molecule has 27 heavy (non-hydrogen) atoms. The zero-order chi connectivity index (χ0) is 18.8. The summed E-state index contributed by atoms with van der Waals surface area (Å²) in [6.45, 7) is 7.48. The molecule has 5 heteroatoms. The van der Waals surface area contributed by atoms with Gasteiger partial charge in [-0.15, -0.1) is 0 Å². The molecule has 1 fully saturated rings. The maximum atomic E-state index is 13.0. The molecule has 1 amide bonds. The van der Waals surface area contributed by atoms with Gasteiger partial charge in [-0.1, -0.05) is 29.8 Å². The summed E-state index contributed by atoms with van der Waals surface area (Å²) < 4.78 is 0. The molecule has 5 nitrogen and oxygen atoms in total. The lowest BCUT2D eigenvalue weighted by Gasteiger charge is -2.31. The van der Waals surface area contributed by atoms with Crippen LogP contribution in [0.2, 0.25) is 0 Å². The van der Waals surface area contributed by atoms with Crippen molar-refractivity contribution in [2.24, 2.45) is 0 Å². The maximum Gasteiger partial charge on any atom is 0.230 e. The SMILES string of the molecule is Cc1ccc([C@@H](C)C(=O)N2CCc3nc([C@H]4CCCNC4)ncc3C2)cc1. The number of rotatable bonds is 3. The van der Waals surface area contributed by atoms with Crippen LogP contribution in [0.15, 0.2) is 30.5 Å². The van der Waals surface area contributed by atoms with Gasteiger partial charge in [0.05, 0.1) is 11.6 Å². The molecule has 2 aliphatic rings. The fraction of sp³-hybridized carbons (Fsp3) is 0.500. The Morgan fingerprint density at radius 1 is 1.30 bits per heavy atom. The molecule has 2 aliphatic heterocycles. The minimum Gasteiger partial charge on any atom is -0.337 e. The van der Waals surface area contributed by atoms with Crippen LogP contribution < -0.4 is 5.32 Å². The van der Waals surface area contributed by atoms with Crippen molar-refractivity contribution in [3.05, 3.63) is 58.7 Å². The van der Waals surface area contributed by atoms with E-state index in [1.807, 2.05) is 18.0 Å². The fourth-order valence-electron chi connectivity index (χ4n) is 4.06. The van der Waals surface area contributed by atoms with E-state index in [4.69, 9.17) is 4.98 Å². The topological polar surface area (TPSA) is 58.1 Å². The van der Waals surface area contributed by atoms with Gasteiger partial charge in [-0.3, -0.25) is 4.79 Å². The number of aromatic nitrogens is 2. The zero-order valence-electron chi connectivity index (χ0n) is 16.2. The molecule has 0 aliphatic carbocycles. The van der Waals surface area contributed by atoms with E-state index in [1.165, 1.54) is 12.0 Å². The van der Waals surface area contributed by atoms with Gasteiger partial charge in [-0.05, 0) is 38.8 Å². The van der Waals surface area contributed by atoms with Gasteiger partial charge in [-0.2, -0.15) is 0 Å². The first kappa shape index (κ1) is 18.1. The highest BCUT2D eigenvalue weighted by atomic mass is 16.2. The molecule has 1 aromatic carbocycles. The van der Waals surface area contributed by atoms with Gasteiger partial charge < -0.3 is 10.2 Å². The van der Waals surface area contributed by atoms with E-state index < -0.39 is 0 Å². The number of carbonyl (C=O) groups is 1. The Morgan fingerprint density at radius 2 is 2.11 bits per heavy atom. The summed E-state index contributed by atoms with van der Waals surface area (Å²) >= 11 is 0. The summed E-state index contributed by atoms with van der Waals surface area (Å²) in [6, 6.07) is 8.26. The molecule has 0 bridgehead atoms. The second-order valence-electron chi connectivity index (χ2n) is 7.89. The molecule has 1 aromatic heterocycles. The lowest BCUT2D eigenvalue weighted by Crippen LogP contribution is -2.39. The third kappa shape index (κ3) is 3.88. The molecule has 2 atom stereocenters. The first-order valence-corrected chi connectivity index (χ1v) is 10.0. The van der Waals surface area contributed by atoms with E-state index in [0.29, 0.717) is 12.5 Å². The highest BCUT2D eigenvalue weighted by Crippen LogP contribution is 2.25. The number of amides is 1. The van der Waals surface area contributed by atoms with Gasteiger partial charge in [0.25, 0.3) is 0 Å². The molecule has 3 heterocycles. The Kier molecular flexibility index (Phi) is 5.21. The monoisotopic (exact) mass is 364 g/mol. The summed E-state index contributed by atoms with van der Waals surface area (Å²) in [5.74, 6) is 1.45. The van der Waals surface area contributed by atoms with Crippen LogP contribution in [0.5, 0.6) is 0 Å².